The summed E-state index contributed by atoms with van der Waals surface area (Å²) in [6.07, 6.45) is 4.38. The van der Waals surface area contributed by atoms with Crippen LogP contribution in [0.1, 0.15) is 41.5 Å². The van der Waals surface area contributed by atoms with Crippen molar-refractivity contribution < 1.29 is 0 Å². The number of hydrogen-bond donors (Lipinski definition) is 0. The van der Waals surface area contributed by atoms with Gasteiger partial charge in [-0.05, 0) is 26.2 Å². The Balaban J connectivity index is 4.48. The van der Waals surface area contributed by atoms with E-state index in [1.165, 1.54) is 11.1 Å². The SMILES string of the molecule is C/C=C(C)\C=C(/C)C(C)(C)C. The van der Waals surface area contributed by atoms with Crippen LogP contribution in [-0.2, 0) is 0 Å². The lowest BCUT2D eigenvalue weighted by atomic mass is 9.86. The van der Waals surface area contributed by atoms with Gasteiger partial charge >= 0.3 is 0 Å². The molecule has 0 heteroatoms. The lowest BCUT2D eigenvalue weighted by Crippen LogP contribution is -2.06. The fourth-order valence-corrected chi connectivity index (χ4v) is 0.641. The lowest BCUT2D eigenvalue weighted by molar-refractivity contribution is 0.503. The molecule has 0 nitrogen and oxygen atoms in total. The van der Waals surface area contributed by atoms with Crippen molar-refractivity contribution in [3.8, 4) is 0 Å². The van der Waals surface area contributed by atoms with Crippen LogP contribution in [0.3, 0.4) is 0 Å². The molecule has 0 spiro atoms. The minimum atomic E-state index is 0.310. The lowest BCUT2D eigenvalue weighted by Gasteiger charge is -2.19. The van der Waals surface area contributed by atoms with Gasteiger partial charge in [-0.1, -0.05) is 44.1 Å². The minimum absolute atomic E-state index is 0.310. The van der Waals surface area contributed by atoms with Crippen molar-refractivity contribution in [2.75, 3.05) is 0 Å². The molecular formula is C11H20. The van der Waals surface area contributed by atoms with Gasteiger partial charge in [0.2, 0.25) is 0 Å². The molecule has 11 heavy (non-hydrogen) atoms. The summed E-state index contributed by atoms with van der Waals surface area (Å²) in [6.45, 7) is 13.1. The van der Waals surface area contributed by atoms with Crippen molar-refractivity contribution in [2.45, 2.75) is 41.5 Å². The van der Waals surface area contributed by atoms with E-state index < -0.39 is 0 Å². The molecule has 0 atom stereocenters. The molecule has 0 bridgehead atoms. The minimum Gasteiger partial charge on any atom is -0.0847 e. The van der Waals surface area contributed by atoms with E-state index in [1.807, 2.05) is 0 Å². The van der Waals surface area contributed by atoms with Crippen LogP contribution in [0.5, 0.6) is 0 Å². The molecule has 0 aliphatic rings. The molecule has 0 saturated carbocycles. The van der Waals surface area contributed by atoms with Gasteiger partial charge in [-0.3, -0.25) is 0 Å². The standard InChI is InChI=1S/C11H20/c1-7-9(2)8-10(3)11(4,5)6/h7-8H,1-6H3/b9-7-,10-8+. The molecule has 0 heterocycles. The molecule has 0 fully saturated rings. The molecule has 0 aromatic carbocycles. The summed E-state index contributed by atoms with van der Waals surface area (Å²) in [4.78, 5) is 0. The van der Waals surface area contributed by atoms with Gasteiger partial charge in [0.15, 0.2) is 0 Å². The third-order valence-corrected chi connectivity index (χ3v) is 2.08. The Bertz CT molecular complexity index is 175. The van der Waals surface area contributed by atoms with E-state index in [2.05, 4.69) is 53.7 Å². The molecule has 0 amide bonds. The monoisotopic (exact) mass is 152 g/mol. The van der Waals surface area contributed by atoms with Gasteiger partial charge in [0.05, 0.1) is 0 Å². The largest absolute Gasteiger partial charge is 0.0847 e. The van der Waals surface area contributed by atoms with Crippen LogP contribution in [0.4, 0.5) is 0 Å². The quantitative estimate of drug-likeness (QED) is 0.499. The fourth-order valence-electron chi connectivity index (χ4n) is 0.641. The summed E-state index contributed by atoms with van der Waals surface area (Å²) < 4.78 is 0. The van der Waals surface area contributed by atoms with Gasteiger partial charge in [-0.15, -0.1) is 0 Å². The van der Waals surface area contributed by atoms with Crippen LogP contribution in [-0.4, -0.2) is 0 Å². The van der Waals surface area contributed by atoms with E-state index in [-0.39, 0.29) is 0 Å². The van der Waals surface area contributed by atoms with Crippen LogP contribution in [0.15, 0.2) is 23.3 Å². The summed E-state index contributed by atoms with van der Waals surface area (Å²) in [5, 5.41) is 0. The maximum absolute atomic E-state index is 2.25. The molecule has 0 rings (SSSR count). The highest BCUT2D eigenvalue weighted by Crippen LogP contribution is 2.25. The average Bonchev–Trinajstić information content (AvgIpc) is 1.85. The molecule has 0 aromatic rings. The summed E-state index contributed by atoms with van der Waals surface area (Å²) >= 11 is 0. The molecule has 0 unspecified atom stereocenters. The molecule has 0 saturated heterocycles. The van der Waals surface area contributed by atoms with Gasteiger partial charge in [0.1, 0.15) is 0 Å². The summed E-state index contributed by atoms with van der Waals surface area (Å²) in [6, 6.07) is 0. The highest BCUT2D eigenvalue weighted by Gasteiger charge is 2.11. The second kappa shape index (κ2) is 3.75. The Morgan fingerprint density at radius 3 is 1.82 bits per heavy atom. The zero-order chi connectivity index (χ0) is 9.07. The number of hydrogen-bond acceptors (Lipinski definition) is 0. The third-order valence-electron chi connectivity index (χ3n) is 2.08. The normalized spacial score (nSPS) is 15.5. The molecule has 64 valence electrons. The van der Waals surface area contributed by atoms with Gasteiger partial charge in [-0.2, -0.15) is 0 Å². The highest BCUT2D eigenvalue weighted by atomic mass is 14.2. The van der Waals surface area contributed by atoms with Gasteiger partial charge in [-0.25, -0.2) is 0 Å². The zero-order valence-corrected chi connectivity index (χ0v) is 8.65. The van der Waals surface area contributed by atoms with E-state index in [4.69, 9.17) is 0 Å². The predicted molar refractivity (Wildman–Crippen MR) is 52.6 cm³/mol. The first-order chi connectivity index (χ1) is 4.88. The van der Waals surface area contributed by atoms with Crippen LogP contribution < -0.4 is 0 Å². The van der Waals surface area contributed by atoms with Crippen molar-refractivity contribution in [2.24, 2.45) is 5.41 Å². The van der Waals surface area contributed by atoms with Crippen molar-refractivity contribution in [3.63, 3.8) is 0 Å². The first kappa shape index (κ1) is 10.5. The average molecular weight is 152 g/mol. The van der Waals surface area contributed by atoms with E-state index in [9.17, 15) is 0 Å². The number of rotatable bonds is 1. The number of allylic oxidation sites excluding steroid dienone is 4. The second-order valence-electron chi connectivity index (χ2n) is 4.11. The fraction of sp³-hybridized carbons (Fsp3) is 0.636. The maximum Gasteiger partial charge on any atom is -0.0173 e. The molecule has 0 aliphatic heterocycles. The smallest absolute Gasteiger partial charge is 0.0173 e. The summed E-state index contributed by atoms with van der Waals surface area (Å²) in [5.74, 6) is 0. The van der Waals surface area contributed by atoms with Crippen molar-refractivity contribution in [3.05, 3.63) is 23.3 Å². The third kappa shape index (κ3) is 4.02. The Hall–Kier alpha value is -0.520. The second-order valence-corrected chi connectivity index (χ2v) is 4.11. The zero-order valence-electron chi connectivity index (χ0n) is 8.65. The summed E-state index contributed by atoms with van der Waals surface area (Å²) in [7, 11) is 0. The molecular weight excluding hydrogens is 132 g/mol. The van der Waals surface area contributed by atoms with Crippen molar-refractivity contribution in [1.29, 1.82) is 0 Å². The van der Waals surface area contributed by atoms with Crippen LogP contribution >= 0.6 is 0 Å². The predicted octanol–water partition coefficient (Wildman–Crippen LogP) is 3.95. The Morgan fingerprint density at radius 2 is 1.55 bits per heavy atom. The maximum atomic E-state index is 2.25. The van der Waals surface area contributed by atoms with Gasteiger partial charge in [0, 0.05) is 0 Å². The van der Waals surface area contributed by atoms with E-state index in [0.717, 1.165) is 0 Å². The topological polar surface area (TPSA) is 0 Å². The molecule has 0 aliphatic carbocycles. The Kier molecular flexibility index (Phi) is 3.57. The van der Waals surface area contributed by atoms with Gasteiger partial charge < -0.3 is 0 Å². The summed E-state index contributed by atoms with van der Waals surface area (Å²) in [5.41, 5.74) is 3.09. The van der Waals surface area contributed by atoms with Gasteiger partial charge in [0.25, 0.3) is 0 Å². The van der Waals surface area contributed by atoms with Crippen molar-refractivity contribution in [1.82, 2.24) is 0 Å². The first-order valence-corrected chi connectivity index (χ1v) is 4.19. The highest BCUT2D eigenvalue weighted by molar-refractivity contribution is 5.22. The first-order valence-electron chi connectivity index (χ1n) is 4.19. The van der Waals surface area contributed by atoms with Crippen LogP contribution in [0.2, 0.25) is 0 Å². The van der Waals surface area contributed by atoms with E-state index >= 15 is 0 Å². The Labute approximate surface area is 71.0 Å². The molecule has 0 aromatic heterocycles. The van der Waals surface area contributed by atoms with Crippen LogP contribution in [0, 0.1) is 5.41 Å². The molecule has 0 radical (unpaired) electrons. The Morgan fingerprint density at radius 1 is 1.09 bits per heavy atom. The van der Waals surface area contributed by atoms with Crippen LogP contribution in [0.25, 0.3) is 0 Å². The van der Waals surface area contributed by atoms with Crippen molar-refractivity contribution >= 4 is 0 Å². The molecule has 0 N–H and O–H groups in total. The van der Waals surface area contributed by atoms with E-state index in [0.29, 0.717) is 5.41 Å². The van der Waals surface area contributed by atoms with E-state index in [1.54, 1.807) is 0 Å².